The number of nitrogens with one attached hydrogen (secondary N) is 2. The Hall–Kier alpha value is -4.52. The van der Waals surface area contributed by atoms with Crippen LogP contribution in [0.5, 0.6) is 0 Å². The van der Waals surface area contributed by atoms with Crippen molar-refractivity contribution in [2.24, 2.45) is 10.2 Å². The number of amides is 1. The standard InChI is InChI=1S/C27H23N7O3S2/c1-2-14-37-15-13-28-24(35)21-16-29-26(39-21)32-31-23-22(19-11-7-4-8-12-19)33-34(25(23)36)27-30-20(17-38-27)18-9-5-3-6-10-18/h2-12,16-17,33H,1,13-15H2,(H,28,35). The molecule has 0 aliphatic rings. The number of benzene rings is 2. The Morgan fingerprint density at radius 1 is 1.10 bits per heavy atom. The van der Waals surface area contributed by atoms with E-state index in [9.17, 15) is 9.59 Å². The molecule has 39 heavy (non-hydrogen) atoms. The van der Waals surface area contributed by atoms with E-state index in [0.29, 0.717) is 35.5 Å². The van der Waals surface area contributed by atoms with Gasteiger partial charge in [0.05, 0.1) is 30.8 Å². The third-order valence-corrected chi connectivity index (χ3v) is 7.11. The zero-order valence-corrected chi connectivity index (χ0v) is 22.2. The largest absolute Gasteiger partial charge is 0.376 e. The van der Waals surface area contributed by atoms with Gasteiger partial charge in [0.2, 0.25) is 10.3 Å². The maximum absolute atomic E-state index is 13.5. The predicted molar refractivity (Wildman–Crippen MR) is 153 cm³/mol. The van der Waals surface area contributed by atoms with E-state index >= 15 is 0 Å². The van der Waals surface area contributed by atoms with Gasteiger partial charge in [-0.25, -0.2) is 9.97 Å². The van der Waals surface area contributed by atoms with Crippen molar-refractivity contribution in [3.63, 3.8) is 0 Å². The summed E-state index contributed by atoms with van der Waals surface area (Å²) in [6, 6.07) is 19.1. The molecular weight excluding hydrogens is 534 g/mol. The number of azo groups is 1. The van der Waals surface area contributed by atoms with Crippen molar-refractivity contribution in [2.75, 3.05) is 19.8 Å². The van der Waals surface area contributed by atoms with Crippen LogP contribution in [-0.4, -0.2) is 45.4 Å². The second kappa shape index (κ2) is 12.3. The molecule has 0 bridgehead atoms. The van der Waals surface area contributed by atoms with Crippen LogP contribution in [0.4, 0.5) is 10.8 Å². The van der Waals surface area contributed by atoms with Crippen LogP contribution in [0.25, 0.3) is 27.6 Å². The molecule has 5 rings (SSSR count). The molecule has 0 aliphatic heterocycles. The summed E-state index contributed by atoms with van der Waals surface area (Å²) >= 11 is 2.41. The number of aromatic amines is 1. The van der Waals surface area contributed by atoms with Crippen molar-refractivity contribution in [1.29, 1.82) is 0 Å². The summed E-state index contributed by atoms with van der Waals surface area (Å²) in [6.45, 7) is 4.72. The average molecular weight is 558 g/mol. The van der Waals surface area contributed by atoms with E-state index in [1.807, 2.05) is 66.0 Å². The normalized spacial score (nSPS) is 11.2. The van der Waals surface area contributed by atoms with E-state index in [1.165, 1.54) is 22.2 Å². The lowest BCUT2D eigenvalue weighted by Crippen LogP contribution is -2.26. The molecule has 12 heteroatoms. The Balaban J connectivity index is 1.41. The summed E-state index contributed by atoms with van der Waals surface area (Å²) in [5.41, 5.74) is 2.69. The summed E-state index contributed by atoms with van der Waals surface area (Å²) in [5, 5.41) is 16.9. The molecule has 3 aromatic heterocycles. The van der Waals surface area contributed by atoms with Crippen LogP contribution in [0.2, 0.25) is 0 Å². The fraction of sp³-hybridized carbons (Fsp3) is 0.111. The maximum Gasteiger partial charge on any atom is 0.301 e. The van der Waals surface area contributed by atoms with Crippen LogP contribution in [0.1, 0.15) is 9.67 Å². The molecule has 0 unspecified atom stereocenters. The Kier molecular flexibility index (Phi) is 8.26. The molecule has 2 aromatic carbocycles. The Morgan fingerprint density at radius 2 is 1.85 bits per heavy atom. The minimum Gasteiger partial charge on any atom is -0.376 e. The molecule has 196 valence electrons. The highest BCUT2D eigenvalue weighted by atomic mass is 32.1. The zero-order valence-electron chi connectivity index (χ0n) is 20.6. The zero-order chi connectivity index (χ0) is 27.0. The van der Waals surface area contributed by atoms with Gasteiger partial charge in [0, 0.05) is 23.1 Å². The summed E-state index contributed by atoms with van der Waals surface area (Å²) < 4.78 is 6.63. The topological polar surface area (TPSA) is 127 Å². The first-order chi connectivity index (χ1) is 19.1. The Bertz CT molecular complexity index is 1650. The monoisotopic (exact) mass is 557 g/mol. The van der Waals surface area contributed by atoms with Gasteiger partial charge in [-0.05, 0) is 0 Å². The summed E-state index contributed by atoms with van der Waals surface area (Å²) in [6.07, 6.45) is 3.07. The lowest BCUT2D eigenvalue weighted by atomic mass is 10.1. The number of H-pyrrole nitrogens is 1. The SMILES string of the molecule is C=CCOCCNC(=O)c1cnc(N=Nc2c(-c3ccccc3)[nH]n(-c3nc(-c4ccccc4)cs3)c2=O)s1. The van der Waals surface area contributed by atoms with Gasteiger partial charge < -0.3 is 10.1 Å². The predicted octanol–water partition coefficient (Wildman–Crippen LogP) is 5.76. The number of carbonyl (C=O) groups excluding carboxylic acids is 1. The summed E-state index contributed by atoms with van der Waals surface area (Å²) in [4.78, 5) is 35.0. The van der Waals surface area contributed by atoms with Crippen LogP contribution < -0.4 is 10.9 Å². The van der Waals surface area contributed by atoms with Crippen LogP contribution >= 0.6 is 22.7 Å². The van der Waals surface area contributed by atoms with E-state index < -0.39 is 5.56 Å². The minimum absolute atomic E-state index is 0.109. The molecule has 1 amide bonds. The third kappa shape index (κ3) is 6.14. The van der Waals surface area contributed by atoms with Crippen LogP contribution in [-0.2, 0) is 4.74 Å². The molecule has 3 heterocycles. The van der Waals surface area contributed by atoms with Gasteiger partial charge in [-0.15, -0.1) is 28.1 Å². The van der Waals surface area contributed by atoms with E-state index in [0.717, 1.165) is 28.2 Å². The van der Waals surface area contributed by atoms with Gasteiger partial charge in [-0.1, -0.05) is 78.1 Å². The smallest absolute Gasteiger partial charge is 0.301 e. The van der Waals surface area contributed by atoms with Gasteiger partial charge in [0.25, 0.3) is 5.91 Å². The molecule has 0 radical (unpaired) electrons. The molecular formula is C27H23N7O3S2. The average Bonchev–Trinajstić information content (AvgIpc) is 3.72. The first kappa shape index (κ1) is 26.1. The van der Waals surface area contributed by atoms with Gasteiger partial charge in [0.1, 0.15) is 4.88 Å². The number of ether oxygens (including phenoxy) is 1. The second-order valence-electron chi connectivity index (χ2n) is 8.05. The molecule has 0 atom stereocenters. The molecule has 0 aliphatic carbocycles. The highest BCUT2D eigenvalue weighted by Crippen LogP contribution is 2.30. The highest BCUT2D eigenvalue weighted by Gasteiger charge is 2.19. The molecule has 5 aromatic rings. The summed E-state index contributed by atoms with van der Waals surface area (Å²) in [5.74, 6) is -0.289. The van der Waals surface area contributed by atoms with Crippen molar-refractivity contribution >= 4 is 39.4 Å². The molecule has 2 N–H and O–H groups in total. The molecule has 0 fully saturated rings. The van der Waals surface area contributed by atoms with E-state index in [-0.39, 0.29) is 16.7 Å². The fourth-order valence-corrected chi connectivity index (χ4v) is 5.01. The second-order valence-corrected chi connectivity index (χ2v) is 9.90. The van der Waals surface area contributed by atoms with Crippen molar-refractivity contribution in [3.8, 4) is 27.6 Å². The van der Waals surface area contributed by atoms with Gasteiger partial charge >= 0.3 is 5.56 Å². The first-order valence-corrected chi connectivity index (χ1v) is 13.6. The molecule has 0 spiro atoms. The maximum atomic E-state index is 13.5. The van der Waals surface area contributed by atoms with E-state index in [1.54, 1.807) is 6.08 Å². The highest BCUT2D eigenvalue weighted by molar-refractivity contribution is 7.17. The van der Waals surface area contributed by atoms with Crippen molar-refractivity contribution in [3.05, 3.63) is 100 Å². The fourth-order valence-electron chi connectivity index (χ4n) is 3.57. The molecule has 0 saturated heterocycles. The molecule has 0 saturated carbocycles. The van der Waals surface area contributed by atoms with Crippen LogP contribution in [0.3, 0.4) is 0 Å². The lowest BCUT2D eigenvalue weighted by molar-refractivity contribution is 0.0932. The van der Waals surface area contributed by atoms with Gasteiger partial charge in [-0.2, -0.15) is 4.68 Å². The van der Waals surface area contributed by atoms with Crippen molar-refractivity contribution < 1.29 is 9.53 Å². The number of carbonyl (C=O) groups is 1. The quantitative estimate of drug-likeness (QED) is 0.121. The Labute approximate surface area is 231 Å². The number of thiazole rings is 2. The number of hydrogen-bond acceptors (Lipinski definition) is 9. The number of aromatic nitrogens is 4. The number of nitrogens with zero attached hydrogens (tertiary/aromatic N) is 5. The lowest BCUT2D eigenvalue weighted by Gasteiger charge is -2.02. The van der Waals surface area contributed by atoms with Gasteiger partial charge in [-0.3, -0.25) is 14.7 Å². The van der Waals surface area contributed by atoms with Crippen molar-refractivity contribution in [1.82, 2.24) is 25.1 Å². The Morgan fingerprint density at radius 3 is 2.59 bits per heavy atom. The number of hydrogen-bond donors (Lipinski definition) is 2. The minimum atomic E-state index is -0.402. The van der Waals surface area contributed by atoms with Crippen LogP contribution in [0, 0.1) is 0 Å². The van der Waals surface area contributed by atoms with Crippen molar-refractivity contribution in [2.45, 2.75) is 0 Å². The van der Waals surface area contributed by atoms with E-state index in [2.05, 4.69) is 37.2 Å². The summed E-state index contributed by atoms with van der Waals surface area (Å²) in [7, 11) is 0. The first-order valence-electron chi connectivity index (χ1n) is 11.9. The number of rotatable bonds is 11. The molecule has 10 nitrogen and oxygen atoms in total. The van der Waals surface area contributed by atoms with Gasteiger partial charge in [0.15, 0.2) is 5.69 Å². The van der Waals surface area contributed by atoms with Crippen LogP contribution in [0.15, 0.2) is 99.9 Å². The third-order valence-electron chi connectivity index (χ3n) is 5.40. The van der Waals surface area contributed by atoms with E-state index in [4.69, 9.17) is 4.74 Å².